The Kier molecular flexibility index (Phi) is 7.18. The zero-order valence-corrected chi connectivity index (χ0v) is 17.5. The first-order chi connectivity index (χ1) is 14.1. The van der Waals surface area contributed by atoms with Gasteiger partial charge in [0.15, 0.2) is 16.7 Å². The van der Waals surface area contributed by atoms with Gasteiger partial charge in [-0.3, -0.25) is 9.36 Å². The van der Waals surface area contributed by atoms with Crippen LogP contribution in [0, 0.1) is 0 Å². The summed E-state index contributed by atoms with van der Waals surface area (Å²) in [5, 5.41) is 9.08. The summed E-state index contributed by atoms with van der Waals surface area (Å²) < 4.78 is 18.1. The van der Waals surface area contributed by atoms with Crippen LogP contribution in [0.15, 0.2) is 52.2 Å². The molecule has 2 aromatic heterocycles. The maximum absolute atomic E-state index is 12.4. The Morgan fingerprint density at radius 1 is 1.21 bits per heavy atom. The predicted octanol–water partition coefficient (Wildman–Crippen LogP) is 3.20. The molecule has 0 aliphatic heterocycles. The number of benzene rings is 1. The number of furan rings is 1. The van der Waals surface area contributed by atoms with E-state index in [-0.39, 0.29) is 11.7 Å². The summed E-state index contributed by atoms with van der Waals surface area (Å²) in [7, 11) is 3.38. The summed E-state index contributed by atoms with van der Waals surface area (Å²) in [4.78, 5) is 14.1. The van der Waals surface area contributed by atoms with E-state index < -0.39 is 0 Å². The second kappa shape index (κ2) is 10.0. The minimum atomic E-state index is -0.00136. The molecule has 0 bridgehead atoms. The number of rotatable bonds is 10. The Bertz CT molecular complexity index is 909. The van der Waals surface area contributed by atoms with E-state index in [9.17, 15) is 4.79 Å². The van der Waals surface area contributed by atoms with Crippen molar-refractivity contribution in [2.75, 3.05) is 33.1 Å². The monoisotopic (exact) mass is 416 g/mol. The SMILES string of the molecule is CCn1c(SCC(=O)N(C)CCOc2ccc(OC)cc2)nnc1-c1ccco1. The van der Waals surface area contributed by atoms with Gasteiger partial charge in [0, 0.05) is 13.6 Å². The largest absolute Gasteiger partial charge is 0.497 e. The number of nitrogens with zero attached hydrogens (tertiary/aromatic N) is 4. The molecule has 0 radical (unpaired) electrons. The number of thioether (sulfide) groups is 1. The minimum Gasteiger partial charge on any atom is -0.497 e. The van der Waals surface area contributed by atoms with Crippen molar-refractivity contribution < 1.29 is 18.7 Å². The van der Waals surface area contributed by atoms with Crippen LogP contribution in [-0.2, 0) is 11.3 Å². The Balaban J connectivity index is 1.47. The smallest absolute Gasteiger partial charge is 0.232 e. The summed E-state index contributed by atoms with van der Waals surface area (Å²) >= 11 is 1.36. The molecule has 29 heavy (non-hydrogen) atoms. The third kappa shape index (κ3) is 5.32. The molecule has 0 spiro atoms. The van der Waals surface area contributed by atoms with E-state index in [1.165, 1.54) is 11.8 Å². The summed E-state index contributed by atoms with van der Waals surface area (Å²) in [6.45, 7) is 3.59. The minimum absolute atomic E-state index is 0.00136. The molecule has 8 nitrogen and oxygen atoms in total. The summed E-state index contributed by atoms with van der Waals surface area (Å²) in [6.07, 6.45) is 1.60. The maximum atomic E-state index is 12.4. The van der Waals surface area contributed by atoms with Crippen LogP contribution in [0.3, 0.4) is 0 Å². The molecule has 0 aliphatic rings. The lowest BCUT2D eigenvalue weighted by Gasteiger charge is -2.17. The van der Waals surface area contributed by atoms with Crippen molar-refractivity contribution in [3.05, 3.63) is 42.7 Å². The fraction of sp³-hybridized carbons (Fsp3) is 0.350. The van der Waals surface area contributed by atoms with Gasteiger partial charge in [-0.05, 0) is 43.3 Å². The van der Waals surface area contributed by atoms with Gasteiger partial charge in [0.2, 0.25) is 5.91 Å². The van der Waals surface area contributed by atoms with Crippen LogP contribution in [0.2, 0.25) is 0 Å². The Labute approximate surface area is 173 Å². The molecule has 1 amide bonds. The molecule has 9 heteroatoms. The molecule has 3 rings (SSSR count). The lowest BCUT2D eigenvalue weighted by atomic mass is 10.3. The molecule has 0 N–H and O–H groups in total. The highest BCUT2D eigenvalue weighted by Gasteiger charge is 2.17. The fourth-order valence-corrected chi connectivity index (χ4v) is 3.55. The number of carbonyl (C=O) groups is 1. The summed E-state index contributed by atoms with van der Waals surface area (Å²) in [5.74, 6) is 3.10. The second-order valence-corrected chi connectivity index (χ2v) is 7.10. The predicted molar refractivity (Wildman–Crippen MR) is 110 cm³/mol. The van der Waals surface area contributed by atoms with Crippen molar-refractivity contribution in [3.63, 3.8) is 0 Å². The van der Waals surface area contributed by atoms with Crippen molar-refractivity contribution in [2.24, 2.45) is 0 Å². The molecule has 0 unspecified atom stereocenters. The van der Waals surface area contributed by atoms with E-state index in [4.69, 9.17) is 13.9 Å². The van der Waals surface area contributed by atoms with Crippen molar-refractivity contribution in [3.8, 4) is 23.1 Å². The maximum Gasteiger partial charge on any atom is 0.232 e. The number of hydrogen-bond donors (Lipinski definition) is 0. The zero-order valence-electron chi connectivity index (χ0n) is 16.7. The topological polar surface area (TPSA) is 82.6 Å². The second-order valence-electron chi connectivity index (χ2n) is 6.16. The molecule has 0 saturated carbocycles. The molecule has 0 fully saturated rings. The fourth-order valence-electron chi connectivity index (χ4n) is 2.60. The molecule has 1 aromatic carbocycles. The van der Waals surface area contributed by atoms with E-state index in [1.54, 1.807) is 25.3 Å². The number of methoxy groups -OCH3 is 1. The average molecular weight is 417 g/mol. The third-order valence-electron chi connectivity index (χ3n) is 4.28. The Hall–Kier alpha value is -2.94. The van der Waals surface area contributed by atoms with Crippen molar-refractivity contribution in [2.45, 2.75) is 18.6 Å². The quantitative estimate of drug-likeness (QED) is 0.469. The molecule has 154 valence electrons. The molecule has 2 heterocycles. The van der Waals surface area contributed by atoms with Crippen LogP contribution >= 0.6 is 11.8 Å². The summed E-state index contributed by atoms with van der Waals surface area (Å²) in [5.41, 5.74) is 0. The highest BCUT2D eigenvalue weighted by molar-refractivity contribution is 7.99. The van der Waals surface area contributed by atoms with E-state index in [2.05, 4.69) is 10.2 Å². The van der Waals surface area contributed by atoms with Crippen LogP contribution < -0.4 is 9.47 Å². The number of carbonyl (C=O) groups excluding carboxylic acids is 1. The first kappa shape index (κ1) is 20.8. The lowest BCUT2D eigenvalue weighted by Crippen LogP contribution is -2.32. The number of hydrogen-bond acceptors (Lipinski definition) is 7. The highest BCUT2D eigenvalue weighted by Crippen LogP contribution is 2.24. The third-order valence-corrected chi connectivity index (χ3v) is 5.23. The van der Waals surface area contributed by atoms with Crippen LogP contribution in [0.4, 0.5) is 0 Å². The van der Waals surface area contributed by atoms with E-state index in [0.29, 0.717) is 36.4 Å². The highest BCUT2D eigenvalue weighted by atomic mass is 32.2. The standard InChI is InChI=1S/C20H24N4O4S/c1-4-24-19(17-6-5-12-28-17)21-22-20(24)29-14-18(25)23(2)11-13-27-16-9-7-15(26-3)8-10-16/h5-10,12H,4,11,13-14H2,1-3H3. The van der Waals surface area contributed by atoms with E-state index in [0.717, 1.165) is 11.5 Å². The first-order valence-corrected chi connectivity index (χ1v) is 10.2. The van der Waals surface area contributed by atoms with Gasteiger partial charge in [-0.2, -0.15) is 0 Å². The van der Waals surface area contributed by atoms with Crippen molar-refractivity contribution >= 4 is 17.7 Å². The molecule has 0 saturated heterocycles. The van der Waals surface area contributed by atoms with Gasteiger partial charge in [0.1, 0.15) is 18.1 Å². The van der Waals surface area contributed by atoms with Crippen LogP contribution in [0.25, 0.3) is 11.6 Å². The van der Waals surface area contributed by atoms with Gasteiger partial charge in [0.05, 0.1) is 25.7 Å². The summed E-state index contributed by atoms with van der Waals surface area (Å²) in [6, 6.07) is 11.0. The van der Waals surface area contributed by atoms with Crippen molar-refractivity contribution in [1.29, 1.82) is 0 Å². The number of aromatic nitrogens is 3. The lowest BCUT2D eigenvalue weighted by molar-refractivity contribution is -0.127. The van der Waals surface area contributed by atoms with Crippen LogP contribution in [-0.4, -0.2) is 58.6 Å². The van der Waals surface area contributed by atoms with E-state index in [1.807, 2.05) is 47.9 Å². The Morgan fingerprint density at radius 3 is 2.62 bits per heavy atom. The number of likely N-dealkylation sites (N-methyl/N-ethyl adjacent to an activating group) is 1. The Morgan fingerprint density at radius 2 is 1.97 bits per heavy atom. The van der Waals surface area contributed by atoms with Gasteiger partial charge >= 0.3 is 0 Å². The number of ether oxygens (including phenoxy) is 2. The normalized spacial score (nSPS) is 10.7. The molecular formula is C20H24N4O4S. The molecular weight excluding hydrogens is 392 g/mol. The molecule has 0 atom stereocenters. The average Bonchev–Trinajstić information content (AvgIpc) is 3.41. The van der Waals surface area contributed by atoms with Gasteiger partial charge in [-0.1, -0.05) is 11.8 Å². The first-order valence-electron chi connectivity index (χ1n) is 9.23. The number of amides is 1. The molecule has 0 aliphatic carbocycles. The van der Waals surface area contributed by atoms with Gasteiger partial charge in [-0.15, -0.1) is 10.2 Å². The van der Waals surface area contributed by atoms with Gasteiger partial charge < -0.3 is 18.8 Å². The van der Waals surface area contributed by atoms with Crippen LogP contribution in [0.1, 0.15) is 6.92 Å². The zero-order chi connectivity index (χ0) is 20.6. The van der Waals surface area contributed by atoms with Crippen LogP contribution in [0.5, 0.6) is 11.5 Å². The molecule has 3 aromatic rings. The van der Waals surface area contributed by atoms with E-state index >= 15 is 0 Å². The van der Waals surface area contributed by atoms with Crippen molar-refractivity contribution in [1.82, 2.24) is 19.7 Å². The van der Waals surface area contributed by atoms with Gasteiger partial charge in [-0.25, -0.2) is 0 Å². The van der Waals surface area contributed by atoms with Gasteiger partial charge in [0.25, 0.3) is 0 Å².